The fourth-order valence-electron chi connectivity index (χ4n) is 3.71. The van der Waals surface area contributed by atoms with Gasteiger partial charge in [-0.25, -0.2) is 9.69 Å². The molecule has 1 unspecified atom stereocenters. The van der Waals surface area contributed by atoms with Crippen molar-refractivity contribution in [1.29, 1.82) is 0 Å². The Morgan fingerprint density at radius 1 is 0.938 bits per heavy atom. The van der Waals surface area contributed by atoms with E-state index in [0.29, 0.717) is 23.8 Å². The molecule has 4 rings (SSSR count). The van der Waals surface area contributed by atoms with Crippen molar-refractivity contribution < 1.29 is 14.4 Å². The van der Waals surface area contributed by atoms with Crippen molar-refractivity contribution >= 4 is 29.6 Å². The van der Waals surface area contributed by atoms with Gasteiger partial charge in [-0.1, -0.05) is 56.3 Å². The monoisotopic (exact) mass is 427 g/mol. The van der Waals surface area contributed by atoms with Crippen LogP contribution in [0, 0.1) is 0 Å². The normalized spacial score (nSPS) is 16.4. The van der Waals surface area contributed by atoms with Gasteiger partial charge in [0, 0.05) is 18.4 Å². The first-order valence-corrected chi connectivity index (χ1v) is 10.7. The van der Waals surface area contributed by atoms with E-state index < -0.39 is 17.8 Å². The van der Waals surface area contributed by atoms with Crippen LogP contribution in [0.2, 0.25) is 0 Å². The first-order valence-electron chi connectivity index (χ1n) is 10.7. The van der Waals surface area contributed by atoms with Crippen LogP contribution in [0.4, 0.5) is 10.5 Å². The van der Waals surface area contributed by atoms with Gasteiger partial charge in [-0.15, -0.1) is 0 Å². The van der Waals surface area contributed by atoms with Crippen LogP contribution in [0.1, 0.15) is 43.0 Å². The maximum atomic E-state index is 13.2. The first kappa shape index (κ1) is 21.3. The molecule has 1 aliphatic rings. The minimum absolute atomic E-state index is 0.0800. The second-order valence-corrected chi connectivity index (χ2v) is 7.91. The van der Waals surface area contributed by atoms with Crippen LogP contribution in [0.3, 0.4) is 0 Å². The predicted molar refractivity (Wildman–Crippen MR) is 124 cm³/mol. The summed E-state index contributed by atoms with van der Waals surface area (Å²) in [4.78, 5) is 39.2. The highest BCUT2D eigenvalue weighted by Gasteiger charge is 2.37. The quantitative estimate of drug-likeness (QED) is 0.457. The summed E-state index contributed by atoms with van der Waals surface area (Å²) in [6.45, 7) is 4.83. The number of benzene rings is 2. The van der Waals surface area contributed by atoms with Crippen LogP contribution in [0.25, 0.3) is 6.08 Å². The zero-order valence-corrected chi connectivity index (χ0v) is 18.1. The smallest absolute Gasteiger partial charge is 0.335 e. The van der Waals surface area contributed by atoms with Crippen LogP contribution in [0.5, 0.6) is 0 Å². The molecular formula is C26H25N3O3. The summed E-state index contributed by atoms with van der Waals surface area (Å²) in [6, 6.07) is 20.2. The Hall–Kier alpha value is -3.93. The third-order valence-corrected chi connectivity index (χ3v) is 5.79. The largest absolute Gasteiger partial charge is 0.344 e. The van der Waals surface area contributed by atoms with Crippen molar-refractivity contribution in [2.24, 2.45) is 0 Å². The number of aromatic nitrogens is 1. The molecule has 1 N–H and O–H groups in total. The zero-order chi connectivity index (χ0) is 22.7. The maximum Gasteiger partial charge on any atom is 0.335 e. The molecule has 1 atom stereocenters. The average Bonchev–Trinajstić information content (AvgIpc) is 3.23. The Bertz CT molecular complexity index is 1180. The number of carbonyl (C=O) groups excluding carboxylic acids is 3. The molecule has 162 valence electrons. The van der Waals surface area contributed by atoms with Crippen molar-refractivity contribution in [1.82, 2.24) is 9.88 Å². The molecule has 3 aromatic rings. The number of nitrogens with zero attached hydrogens (tertiary/aromatic N) is 2. The summed E-state index contributed by atoms with van der Waals surface area (Å²) in [5.41, 5.74) is 3.28. The molecule has 0 aliphatic carbocycles. The molecule has 0 radical (unpaired) electrons. The van der Waals surface area contributed by atoms with E-state index in [1.54, 1.807) is 12.1 Å². The maximum absolute atomic E-state index is 13.2. The third kappa shape index (κ3) is 4.25. The van der Waals surface area contributed by atoms with Gasteiger partial charge in [0.15, 0.2) is 0 Å². The summed E-state index contributed by atoms with van der Waals surface area (Å²) in [6.07, 6.45) is 4.42. The van der Waals surface area contributed by atoms with Crippen LogP contribution >= 0.6 is 0 Å². The van der Waals surface area contributed by atoms with E-state index in [0.717, 1.165) is 22.4 Å². The minimum atomic E-state index is -0.742. The summed E-state index contributed by atoms with van der Waals surface area (Å²) in [5, 5.41) is 2.29. The van der Waals surface area contributed by atoms with Gasteiger partial charge in [0.1, 0.15) is 5.57 Å². The van der Waals surface area contributed by atoms with E-state index in [4.69, 9.17) is 0 Å². The lowest BCUT2D eigenvalue weighted by molar-refractivity contribution is -0.122. The highest BCUT2D eigenvalue weighted by Crippen LogP contribution is 2.25. The second-order valence-electron chi connectivity index (χ2n) is 7.91. The third-order valence-electron chi connectivity index (χ3n) is 5.79. The number of hydrogen-bond acceptors (Lipinski definition) is 3. The first-order chi connectivity index (χ1) is 15.5. The van der Waals surface area contributed by atoms with Crippen LogP contribution < -0.4 is 10.2 Å². The number of hydrogen-bond donors (Lipinski definition) is 1. The van der Waals surface area contributed by atoms with Gasteiger partial charge >= 0.3 is 6.03 Å². The highest BCUT2D eigenvalue weighted by atomic mass is 16.2. The molecular weight excluding hydrogens is 402 g/mol. The molecule has 4 amide bonds. The number of rotatable bonds is 6. The molecule has 2 aromatic carbocycles. The van der Waals surface area contributed by atoms with Crippen molar-refractivity contribution in [3.05, 3.63) is 95.3 Å². The van der Waals surface area contributed by atoms with Gasteiger partial charge < -0.3 is 4.57 Å². The van der Waals surface area contributed by atoms with Crippen molar-refractivity contribution in [3.8, 4) is 0 Å². The molecule has 1 fully saturated rings. The number of amides is 4. The minimum Gasteiger partial charge on any atom is -0.344 e. The number of imide groups is 2. The van der Waals surface area contributed by atoms with Gasteiger partial charge in [-0.05, 0) is 53.8 Å². The predicted octanol–water partition coefficient (Wildman–Crippen LogP) is 4.72. The van der Waals surface area contributed by atoms with Gasteiger partial charge in [-0.2, -0.15) is 0 Å². The van der Waals surface area contributed by atoms with E-state index in [1.807, 2.05) is 65.4 Å². The number of barbiturate groups is 1. The fourth-order valence-corrected chi connectivity index (χ4v) is 3.71. The zero-order valence-electron chi connectivity index (χ0n) is 18.1. The topological polar surface area (TPSA) is 71.4 Å². The fraction of sp³-hybridized carbons (Fsp3) is 0.192. The molecule has 32 heavy (non-hydrogen) atoms. The van der Waals surface area contributed by atoms with Crippen molar-refractivity contribution in [2.45, 2.75) is 32.7 Å². The van der Waals surface area contributed by atoms with E-state index in [9.17, 15) is 14.4 Å². The Kier molecular flexibility index (Phi) is 6.03. The van der Waals surface area contributed by atoms with E-state index in [-0.39, 0.29) is 5.57 Å². The molecule has 0 bridgehead atoms. The Morgan fingerprint density at radius 3 is 2.34 bits per heavy atom. The lowest BCUT2D eigenvalue weighted by Gasteiger charge is -2.26. The molecule has 1 saturated heterocycles. The lowest BCUT2D eigenvalue weighted by Crippen LogP contribution is -2.54. The van der Waals surface area contributed by atoms with Crippen LogP contribution in [-0.4, -0.2) is 22.4 Å². The SMILES string of the molecule is CCC(C)c1ccc(N2C(=O)NC(=O)/C(=C\c3cccn3Cc3ccccc3)C2=O)cc1. The van der Waals surface area contributed by atoms with Gasteiger partial charge in [-0.3, -0.25) is 14.9 Å². The second kappa shape index (κ2) is 9.06. The summed E-state index contributed by atoms with van der Waals surface area (Å²) < 4.78 is 1.95. The van der Waals surface area contributed by atoms with E-state index >= 15 is 0 Å². The molecule has 6 nitrogen and oxygen atoms in total. The molecule has 1 aromatic heterocycles. The summed E-state index contributed by atoms with van der Waals surface area (Å²) in [7, 11) is 0. The number of nitrogens with one attached hydrogen (secondary N) is 1. The number of urea groups is 1. The Morgan fingerprint density at radius 2 is 1.66 bits per heavy atom. The lowest BCUT2D eigenvalue weighted by atomic mass is 9.98. The van der Waals surface area contributed by atoms with Crippen molar-refractivity contribution in [3.63, 3.8) is 0 Å². The summed E-state index contributed by atoms with van der Waals surface area (Å²) >= 11 is 0. The van der Waals surface area contributed by atoms with Crippen LogP contribution in [-0.2, 0) is 16.1 Å². The highest BCUT2D eigenvalue weighted by molar-refractivity contribution is 6.39. The molecule has 2 heterocycles. The van der Waals surface area contributed by atoms with E-state index in [1.165, 1.54) is 6.08 Å². The Balaban J connectivity index is 1.63. The Labute approximate surface area is 187 Å². The molecule has 1 aliphatic heterocycles. The standard InChI is InChI=1S/C26H25N3O3/c1-3-18(2)20-11-13-21(14-12-20)29-25(31)23(24(30)27-26(29)32)16-22-10-7-15-28(22)17-19-8-5-4-6-9-19/h4-16,18H,3,17H2,1-2H3,(H,27,30,32)/b23-16+. The van der Waals surface area contributed by atoms with Crippen LogP contribution in [0.15, 0.2) is 78.5 Å². The van der Waals surface area contributed by atoms with Gasteiger partial charge in [0.25, 0.3) is 11.8 Å². The molecule has 6 heteroatoms. The van der Waals surface area contributed by atoms with Gasteiger partial charge in [0.05, 0.1) is 5.69 Å². The number of carbonyl (C=O) groups is 3. The van der Waals surface area contributed by atoms with Gasteiger partial charge in [0.2, 0.25) is 0 Å². The average molecular weight is 428 g/mol. The van der Waals surface area contributed by atoms with Crippen molar-refractivity contribution in [2.75, 3.05) is 4.90 Å². The summed E-state index contributed by atoms with van der Waals surface area (Å²) in [5.74, 6) is -0.952. The molecule has 0 saturated carbocycles. The van der Waals surface area contributed by atoms with E-state index in [2.05, 4.69) is 19.2 Å². The molecule has 0 spiro atoms. The number of anilines is 1.